The molecule has 0 amide bonds. The van der Waals surface area contributed by atoms with Crippen molar-refractivity contribution in [2.24, 2.45) is 10.3 Å². The van der Waals surface area contributed by atoms with Crippen LogP contribution in [0.4, 0.5) is 15.8 Å². The Morgan fingerprint density at radius 3 is 2.11 bits per heavy atom. The topological polar surface area (TPSA) is 52.0 Å². The Bertz CT molecular complexity index is 766. The SMILES string of the molecule is C=C(CNc1ccc(/C=C/c2ccc(NC)cc2)cc1)/N=N\N(C)CCF. The molecule has 0 aliphatic carbocycles. The highest BCUT2D eigenvalue weighted by Gasteiger charge is 1.96. The van der Waals surface area contributed by atoms with Crippen LogP contribution in [0.3, 0.4) is 0 Å². The molecule has 0 atom stereocenters. The van der Waals surface area contributed by atoms with Gasteiger partial charge in [-0.25, -0.2) is 4.39 Å². The Balaban J connectivity index is 1.83. The van der Waals surface area contributed by atoms with Gasteiger partial charge in [-0.15, -0.1) is 5.11 Å². The average Bonchev–Trinajstić information content (AvgIpc) is 2.70. The molecule has 0 heterocycles. The summed E-state index contributed by atoms with van der Waals surface area (Å²) in [5, 5.41) is 15.6. The zero-order chi connectivity index (χ0) is 19.5. The molecule has 0 radical (unpaired) electrons. The van der Waals surface area contributed by atoms with E-state index < -0.39 is 6.67 Å². The first-order valence-electron chi connectivity index (χ1n) is 8.77. The van der Waals surface area contributed by atoms with E-state index in [1.165, 1.54) is 5.01 Å². The van der Waals surface area contributed by atoms with E-state index >= 15 is 0 Å². The summed E-state index contributed by atoms with van der Waals surface area (Å²) in [6.07, 6.45) is 4.16. The minimum absolute atomic E-state index is 0.221. The number of alkyl halides is 1. The predicted octanol–water partition coefficient (Wildman–Crippen LogP) is 5.09. The molecular formula is C21H26FN5. The minimum Gasteiger partial charge on any atom is -0.388 e. The van der Waals surface area contributed by atoms with E-state index in [0.29, 0.717) is 12.2 Å². The van der Waals surface area contributed by atoms with E-state index in [9.17, 15) is 4.39 Å². The van der Waals surface area contributed by atoms with E-state index in [4.69, 9.17) is 0 Å². The summed E-state index contributed by atoms with van der Waals surface area (Å²) in [5.41, 5.74) is 4.91. The number of benzene rings is 2. The van der Waals surface area contributed by atoms with Crippen molar-refractivity contribution in [2.75, 3.05) is 44.5 Å². The monoisotopic (exact) mass is 367 g/mol. The fraction of sp³-hybridized carbons (Fsp3) is 0.238. The second-order valence-corrected chi connectivity index (χ2v) is 6.01. The number of hydrogen-bond donors (Lipinski definition) is 2. The van der Waals surface area contributed by atoms with Gasteiger partial charge in [0.25, 0.3) is 0 Å². The number of nitrogens with zero attached hydrogens (tertiary/aromatic N) is 3. The third kappa shape index (κ3) is 7.32. The first kappa shape index (κ1) is 20.2. The van der Waals surface area contributed by atoms with Crippen molar-refractivity contribution in [1.29, 1.82) is 0 Å². The molecule has 0 bridgehead atoms. The fourth-order valence-electron chi connectivity index (χ4n) is 2.21. The zero-order valence-electron chi connectivity index (χ0n) is 15.8. The third-order valence-electron chi connectivity index (χ3n) is 3.82. The van der Waals surface area contributed by atoms with E-state index in [-0.39, 0.29) is 6.54 Å². The second kappa shape index (κ2) is 10.8. The molecule has 0 aliphatic rings. The van der Waals surface area contributed by atoms with Gasteiger partial charge in [0, 0.05) is 25.5 Å². The molecule has 0 saturated heterocycles. The first-order chi connectivity index (χ1) is 13.1. The smallest absolute Gasteiger partial charge is 0.109 e. The molecule has 142 valence electrons. The average molecular weight is 367 g/mol. The van der Waals surface area contributed by atoms with E-state index in [1.807, 2.05) is 43.4 Å². The van der Waals surface area contributed by atoms with Crippen LogP contribution in [0.25, 0.3) is 12.2 Å². The fourth-order valence-corrected chi connectivity index (χ4v) is 2.21. The van der Waals surface area contributed by atoms with Crippen LogP contribution < -0.4 is 10.6 Å². The highest BCUT2D eigenvalue weighted by atomic mass is 19.1. The summed E-state index contributed by atoms with van der Waals surface area (Å²) in [4.78, 5) is 0. The number of anilines is 2. The van der Waals surface area contributed by atoms with Gasteiger partial charge >= 0.3 is 0 Å². The molecule has 0 unspecified atom stereocenters. The summed E-state index contributed by atoms with van der Waals surface area (Å²) >= 11 is 0. The highest BCUT2D eigenvalue weighted by molar-refractivity contribution is 5.71. The van der Waals surface area contributed by atoms with Gasteiger partial charge in [-0.1, -0.05) is 48.2 Å². The van der Waals surface area contributed by atoms with Crippen LogP contribution in [0.15, 0.2) is 71.1 Å². The summed E-state index contributed by atoms with van der Waals surface area (Å²) in [7, 11) is 3.58. The number of rotatable bonds is 10. The van der Waals surface area contributed by atoms with Gasteiger partial charge in [0.05, 0.1) is 18.8 Å². The standard InChI is InChI=1S/C21H26FN5/c1-17(25-26-27(3)15-14-22)16-24-21-12-8-19(9-13-21)5-4-18-6-10-20(23-2)11-7-18/h4-13,23-24H,1,14-16H2,2-3H3/b5-4+,26-25-. The maximum Gasteiger partial charge on any atom is 0.109 e. The van der Waals surface area contributed by atoms with Gasteiger partial charge in [0.2, 0.25) is 0 Å². The summed E-state index contributed by atoms with van der Waals surface area (Å²) in [6, 6.07) is 16.3. The van der Waals surface area contributed by atoms with Gasteiger partial charge in [-0.05, 0) is 35.4 Å². The maximum atomic E-state index is 12.2. The normalized spacial score (nSPS) is 11.1. The van der Waals surface area contributed by atoms with E-state index in [2.05, 4.69) is 51.8 Å². The number of nitrogens with one attached hydrogen (secondary N) is 2. The van der Waals surface area contributed by atoms with Crippen molar-refractivity contribution >= 4 is 23.5 Å². The summed E-state index contributed by atoms with van der Waals surface area (Å²) in [5.74, 6) is 0. The van der Waals surface area contributed by atoms with Crippen molar-refractivity contribution in [2.45, 2.75) is 0 Å². The van der Waals surface area contributed by atoms with Crippen LogP contribution in [0.5, 0.6) is 0 Å². The van der Waals surface area contributed by atoms with Crippen LogP contribution in [-0.2, 0) is 0 Å². The molecule has 2 aromatic rings. The van der Waals surface area contributed by atoms with Crippen LogP contribution in [0.2, 0.25) is 0 Å². The van der Waals surface area contributed by atoms with Crippen molar-refractivity contribution in [3.05, 3.63) is 71.9 Å². The lowest BCUT2D eigenvalue weighted by Gasteiger charge is -2.09. The number of hydrogen-bond acceptors (Lipinski definition) is 4. The van der Waals surface area contributed by atoms with E-state index in [1.54, 1.807) is 7.05 Å². The lowest BCUT2D eigenvalue weighted by Crippen LogP contribution is -2.13. The van der Waals surface area contributed by atoms with Crippen molar-refractivity contribution in [3.63, 3.8) is 0 Å². The largest absolute Gasteiger partial charge is 0.388 e. The van der Waals surface area contributed by atoms with Crippen molar-refractivity contribution in [1.82, 2.24) is 5.01 Å². The van der Waals surface area contributed by atoms with Gasteiger partial charge in [-0.3, -0.25) is 5.01 Å². The molecule has 0 fully saturated rings. The zero-order valence-corrected chi connectivity index (χ0v) is 15.8. The highest BCUT2D eigenvalue weighted by Crippen LogP contribution is 2.15. The molecule has 0 aliphatic heterocycles. The second-order valence-electron chi connectivity index (χ2n) is 6.01. The number of halogens is 1. The molecule has 2 N–H and O–H groups in total. The molecule has 0 spiro atoms. The van der Waals surface area contributed by atoms with Crippen molar-refractivity contribution < 1.29 is 4.39 Å². The maximum absolute atomic E-state index is 12.2. The molecule has 27 heavy (non-hydrogen) atoms. The summed E-state index contributed by atoms with van der Waals surface area (Å²) in [6.45, 7) is 4.07. The Morgan fingerprint density at radius 1 is 1.04 bits per heavy atom. The van der Waals surface area contributed by atoms with Gasteiger partial charge in [-0.2, -0.15) is 0 Å². The van der Waals surface area contributed by atoms with Crippen LogP contribution in [0, 0.1) is 0 Å². The van der Waals surface area contributed by atoms with Crippen molar-refractivity contribution in [3.8, 4) is 0 Å². The molecular weight excluding hydrogens is 341 g/mol. The summed E-state index contributed by atoms with van der Waals surface area (Å²) < 4.78 is 12.2. The van der Waals surface area contributed by atoms with Crippen LogP contribution in [0.1, 0.15) is 11.1 Å². The molecule has 5 nitrogen and oxygen atoms in total. The van der Waals surface area contributed by atoms with Gasteiger partial charge in [0.15, 0.2) is 0 Å². The lowest BCUT2D eigenvalue weighted by molar-refractivity contribution is 0.291. The van der Waals surface area contributed by atoms with Crippen LogP contribution in [-0.4, -0.2) is 38.9 Å². The quantitative estimate of drug-likeness (QED) is 0.349. The Morgan fingerprint density at radius 2 is 1.59 bits per heavy atom. The Labute approximate surface area is 160 Å². The molecule has 0 saturated carbocycles. The van der Waals surface area contributed by atoms with E-state index in [0.717, 1.165) is 22.5 Å². The Hall–Kier alpha value is -3.15. The lowest BCUT2D eigenvalue weighted by atomic mass is 10.1. The Kier molecular flexibility index (Phi) is 8.03. The molecule has 2 aromatic carbocycles. The minimum atomic E-state index is -0.456. The third-order valence-corrected chi connectivity index (χ3v) is 3.82. The molecule has 0 aromatic heterocycles. The first-order valence-corrected chi connectivity index (χ1v) is 8.77. The van der Waals surface area contributed by atoms with Crippen LogP contribution >= 0.6 is 0 Å². The van der Waals surface area contributed by atoms with Gasteiger partial charge < -0.3 is 10.6 Å². The molecule has 2 rings (SSSR count). The molecule has 6 heteroatoms. The predicted molar refractivity (Wildman–Crippen MR) is 112 cm³/mol. The van der Waals surface area contributed by atoms with Gasteiger partial charge in [0.1, 0.15) is 6.67 Å².